The molecule has 0 aliphatic carbocycles. The lowest BCUT2D eigenvalue weighted by Gasteiger charge is -2.16. The Kier molecular flexibility index (Phi) is 5.17. The van der Waals surface area contributed by atoms with E-state index in [1.54, 1.807) is 6.07 Å². The van der Waals surface area contributed by atoms with Crippen LogP contribution in [0, 0.1) is 12.7 Å². The van der Waals surface area contributed by atoms with Gasteiger partial charge in [0.25, 0.3) is 0 Å². The second kappa shape index (κ2) is 6.67. The number of hydrogen-bond acceptors (Lipinski definition) is 0. The molecular weight excluding hydrogens is 371 g/mol. The molecule has 0 N–H and O–H groups in total. The molecule has 0 radical (unpaired) electrons. The summed E-state index contributed by atoms with van der Waals surface area (Å²) < 4.78 is 14.2. The highest BCUT2D eigenvalue weighted by molar-refractivity contribution is 9.10. The van der Waals surface area contributed by atoms with Crippen LogP contribution in [-0.4, -0.2) is 5.33 Å². The molecule has 100 valence electrons. The minimum Gasteiger partial charge on any atom is -0.207 e. The molecule has 2 aromatic carbocycles. The van der Waals surface area contributed by atoms with E-state index in [-0.39, 0.29) is 5.82 Å². The van der Waals surface area contributed by atoms with Crippen LogP contribution in [0.25, 0.3) is 0 Å². The normalized spacial score (nSPS) is 12.4. The molecule has 0 aliphatic heterocycles. The molecule has 0 saturated carbocycles. The van der Waals surface area contributed by atoms with Crippen molar-refractivity contribution < 1.29 is 4.39 Å². The summed E-state index contributed by atoms with van der Waals surface area (Å²) in [5, 5.41) is 0.889. The highest BCUT2D eigenvalue weighted by atomic mass is 79.9. The smallest absolute Gasteiger partial charge is 0.123 e. The van der Waals surface area contributed by atoms with Gasteiger partial charge in [0.2, 0.25) is 0 Å². The highest BCUT2D eigenvalue weighted by Gasteiger charge is 2.13. The van der Waals surface area contributed by atoms with Crippen molar-refractivity contribution >= 4 is 31.9 Å². The van der Waals surface area contributed by atoms with Crippen LogP contribution in [0.3, 0.4) is 0 Å². The fourth-order valence-corrected chi connectivity index (χ4v) is 3.20. The Morgan fingerprint density at radius 1 is 1.16 bits per heavy atom. The van der Waals surface area contributed by atoms with E-state index in [9.17, 15) is 4.39 Å². The van der Waals surface area contributed by atoms with Gasteiger partial charge in [-0.15, -0.1) is 0 Å². The van der Waals surface area contributed by atoms with E-state index in [1.165, 1.54) is 17.2 Å². The minimum absolute atomic E-state index is 0.168. The first-order valence-corrected chi connectivity index (χ1v) is 8.08. The topological polar surface area (TPSA) is 0 Å². The van der Waals surface area contributed by atoms with Gasteiger partial charge in [-0.1, -0.05) is 50.1 Å². The summed E-state index contributed by atoms with van der Waals surface area (Å²) in [4.78, 5) is 0. The summed E-state index contributed by atoms with van der Waals surface area (Å²) in [6.45, 7) is 1.96. The van der Waals surface area contributed by atoms with Crippen LogP contribution in [0.15, 0.2) is 46.9 Å². The van der Waals surface area contributed by atoms with Gasteiger partial charge in [-0.25, -0.2) is 4.39 Å². The van der Waals surface area contributed by atoms with Crippen molar-refractivity contribution in [3.05, 3.63) is 69.4 Å². The average molecular weight is 386 g/mol. The van der Waals surface area contributed by atoms with Crippen molar-refractivity contribution in [1.82, 2.24) is 0 Å². The Labute approximate surface area is 130 Å². The number of hydrogen-bond donors (Lipinski definition) is 0. The van der Waals surface area contributed by atoms with Crippen molar-refractivity contribution in [2.45, 2.75) is 19.3 Å². The summed E-state index contributed by atoms with van der Waals surface area (Å²) in [5.74, 6) is 0.223. The van der Waals surface area contributed by atoms with Crippen LogP contribution in [0.5, 0.6) is 0 Å². The molecule has 3 heteroatoms. The van der Waals surface area contributed by atoms with Gasteiger partial charge in [-0.2, -0.15) is 0 Å². The van der Waals surface area contributed by atoms with Crippen LogP contribution in [-0.2, 0) is 6.42 Å². The van der Waals surface area contributed by atoms with E-state index < -0.39 is 0 Å². The third-order valence-corrected chi connectivity index (χ3v) is 4.55. The Morgan fingerprint density at radius 2 is 1.95 bits per heavy atom. The standard InChI is InChI=1S/C16H15Br2F/c1-11-7-16(19)6-5-12(11)8-14(10-17)13-3-2-4-15(18)9-13/h2-7,9,14H,8,10H2,1H3. The third kappa shape index (κ3) is 3.90. The van der Waals surface area contributed by atoms with Gasteiger partial charge in [0.1, 0.15) is 5.82 Å². The summed E-state index contributed by atoms with van der Waals surface area (Å²) in [6, 6.07) is 13.4. The predicted octanol–water partition coefficient (Wildman–Crippen LogP) is 5.62. The molecule has 2 aromatic rings. The second-order valence-electron chi connectivity index (χ2n) is 4.68. The summed E-state index contributed by atoms with van der Waals surface area (Å²) in [6.07, 6.45) is 0.911. The SMILES string of the molecule is Cc1cc(F)ccc1CC(CBr)c1cccc(Br)c1. The lowest BCUT2D eigenvalue weighted by molar-refractivity contribution is 0.624. The fourth-order valence-electron chi connectivity index (χ4n) is 2.18. The van der Waals surface area contributed by atoms with Crippen molar-refractivity contribution in [3.63, 3.8) is 0 Å². The molecule has 1 unspecified atom stereocenters. The van der Waals surface area contributed by atoms with E-state index in [4.69, 9.17) is 0 Å². The van der Waals surface area contributed by atoms with E-state index in [1.807, 2.05) is 25.1 Å². The number of rotatable bonds is 4. The molecule has 19 heavy (non-hydrogen) atoms. The van der Waals surface area contributed by atoms with E-state index in [0.717, 1.165) is 21.8 Å². The highest BCUT2D eigenvalue weighted by Crippen LogP contribution is 2.26. The molecule has 0 heterocycles. The van der Waals surface area contributed by atoms with Crippen molar-refractivity contribution in [3.8, 4) is 0 Å². The molecule has 2 rings (SSSR count). The molecule has 0 fully saturated rings. The Bertz CT molecular complexity index is 566. The van der Waals surface area contributed by atoms with Gasteiger partial charge < -0.3 is 0 Å². The van der Waals surface area contributed by atoms with Crippen LogP contribution in [0.4, 0.5) is 4.39 Å². The van der Waals surface area contributed by atoms with Gasteiger partial charge in [0.15, 0.2) is 0 Å². The maximum atomic E-state index is 13.1. The molecular formula is C16H15Br2F. The largest absolute Gasteiger partial charge is 0.207 e. The first-order chi connectivity index (χ1) is 9.10. The quantitative estimate of drug-likeness (QED) is 0.599. The average Bonchev–Trinajstić information content (AvgIpc) is 2.38. The molecule has 0 bridgehead atoms. The van der Waals surface area contributed by atoms with E-state index in [2.05, 4.69) is 44.0 Å². The number of benzene rings is 2. The van der Waals surface area contributed by atoms with Gasteiger partial charge in [0.05, 0.1) is 0 Å². The third-order valence-electron chi connectivity index (χ3n) is 3.28. The number of aryl methyl sites for hydroxylation is 1. The molecule has 0 aliphatic rings. The Balaban J connectivity index is 2.24. The number of alkyl halides is 1. The predicted molar refractivity (Wildman–Crippen MR) is 85.5 cm³/mol. The van der Waals surface area contributed by atoms with Crippen molar-refractivity contribution in [1.29, 1.82) is 0 Å². The molecule has 0 saturated heterocycles. The van der Waals surface area contributed by atoms with E-state index >= 15 is 0 Å². The van der Waals surface area contributed by atoms with Crippen LogP contribution in [0.1, 0.15) is 22.6 Å². The van der Waals surface area contributed by atoms with Crippen molar-refractivity contribution in [2.75, 3.05) is 5.33 Å². The minimum atomic E-state index is -0.168. The van der Waals surface area contributed by atoms with Gasteiger partial charge >= 0.3 is 0 Å². The second-order valence-corrected chi connectivity index (χ2v) is 6.24. The maximum Gasteiger partial charge on any atom is 0.123 e. The number of halogens is 3. The Morgan fingerprint density at radius 3 is 2.58 bits per heavy atom. The zero-order chi connectivity index (χ0) is 13.8. The lowest BCUT2D eigenvalue weighted by atomic mass is 9.92. The molecule has 0 aromatic heterocycles. The fraction of sp³-hybridized carbons (Fsp3) is 0.250. The van der Waals surface area contributed by atoms with Gasteiger partial charge in [-0.3, -0.25) is 0 Å². The van der Waals surface area contributed by atoms with Crippen molar-refractivity contribution in [2.24, 2.45) is 0 Å². The molecule has 0 amide bonds. The summed E-state index contributed by atoms with van der Waals surface area (Å²) in [5.41, 5.74) is 3.50. The molecule has 0 spiro atoms. The van der Waals surface area contributed by atoms with Gasteiger partial charge in [-0.05, 0) is 60.2 Å². The molecule has 0 nitrogen and oxygen atoms in total. The zero-order valence-electron chi connectivity index (χ0n) is 10.7. The van der Waals surface area contributed by atoms with E-state index in [0.29, 0.717) is 5.92 Å². The van der Waals surface area contributed by atoms with Crippen LogP contribution >= 0.6 is 31.9 Å². The molecule has 1 atom stereocenters. The van der Waals surface area contributed by atoms with Crippen LogP contribution in [0.2, 0.25) is 0 Å². The summed E-state index contributed by atoms with van der Waals surface area (Å²) in [7, 11) is 0. The van der Waals surface area contributed by atoms with Gasteiger partial charge in [0, 0.05) is 9.80 Å². The maximum absolute atomic E-state index is 13.1. The summed E-state index contributed by atoms with van der Waals surface area (Å²) >= 11 is 7.09. The lowest BCUT2D eigenvalue weighted by Crippen LogP contribution is -2.06. The first kappa shape index (κ1) is 14.7. The Hall–Kier alpha value is -0.670. The monoisotopic (exact) mass is 384 g/mol. The first-order valence-electron chi connectivity index (χ1n) is 6.16. The zero-order valence-corrected chi connectivity index (χ0v) is 13.8. The van der Waals surface area contributed by atoms with Crippen LogP contribution < -0.4 is 0 Å².